The van der Waals surface area contributed by atoms with Crippen molar-refractivity contribution in [2.75, 3.05) is 5.75 Å². The van der Waals surface area contributed by atoms with E-state index in [9.17, 15) is 9.59 Å². The Balaban J connectivity index is 1.51. The van der Waals surface area contributed by atoms with Crippen LogP contribution in [0.4, 0.5) is 0 Å². The van der Waals surface area contributed by atoms with Gasteiger partial charge in [-0.05, 0) is 25.0 Å². The van der Waals surface area contributed by atoms with Crippen molar-refractivity contribution in [3.8, 4) is 0 Å². The molecule has 0 radical (unpaired) electrons. The predicted octanol–water partition coefficient (Wildman–Crippen LogP) is 3.79. The summed E-state index contributed by atoms with van der Waals surface area (Å²) in [5.41, 5.74) is 0.984. The third-order valence-electron chi connectivity index (χ3n) is 5.22. The Labute approximate surface area is 172 Å². The number of hydrogen-bond acceptors (Lipinski definition) is 6. The van der Waals surface area contributed by atoms with Crippen LogP contribution in [0.25, 0.3) is 0 Å². The van der Waals surface area contributed by atoms with Crippen LogP contribution < -0.4 is 10.9 Å². The van der Waals surface area contributed by atoms with Crippen molar-refractivity contribution in [2.45, 2.75) is 73.3 Å². The fourth-order valence-electron chi connectivity index (χ4n) is 3.85. The van der Waals surface area contributed by atoms with Gasteiger partial charge in [-0.25, -0.2) is 4.98 Å². The highest BCUT2D eigenvalue weighted by atomic mass is 32.2. The van der Waals surface area contributed by atoms with E-state index in [1.54, 1.807) is 24.1 Å². The van der Waals surface area contributed by atoms with E-state index in [1.165, 1.54) is 18.2 Å². The number of carbonyl (C=O) groups is 1. The van der Waals surface area contributed by atoms with E-state index in [4.69, 9.17) is 9.40 Å². The quantitative estimate of drug-likeness (QED) is 0.567. The van der Waals surface area contributed by atoms with Crippen LogP contribution in [0.1, 0.15) is 56.5 Å². The molecule has 2 aromatic rings. The van der Waals surface area contributed by atoms with Crippen LogP contribution in [-0.4, -0.2) is 26.5 Å². The van der Waals surface area contributed by atoms with E-state index in [0.29, 0.717) is 17.0 Å². The molecule has 0 saturated heterocycles. The lowest BCUT2D eigenvalue weighted by Gasteiger charge is -2.26. The Morgan fingerprint density at radius 3 is 2.96 bits per heavy atom. The zero-order valence-electron chi connectivity index (χ0n) is 16.0. The summed E-state index contributed by atoms with van der Waals surface area (Å²) in [6.45, 7) is 2.50. The smallest absolute Gasteiger partial charge is 0.268 e. The minimum absolute atomic E-state index is 0.0877. The summed E-state index contributed by atoms with van der Waals surface area (Å²) >= 11 is 3.01. The van der Waals surface area contributed by atoms with Crippen LogP contribution in [0, 0.1) is 0 Å². The van der Waals surface area contributed by atoms with Gasteiger partial charge in [-0.1, -0.05) is 37.9 Å². The molecule has 2 aromatic heterocycles. The fraction of sp³-hybridized carbons (Fsp3) is 0.550. The summed E-state index contributed by atoms with van der Waals surface area (Å²) in [6.07, 6.45) is 7.95. The summed E-state index contributed by atoms with van der Waals surface area (Å²) in [6, 6.07) is 3.82. The Morgan fingerprint density at radius 2 is 2.21 bits per heavy atom. The minimum atomic E-state index is -0.0888. The summed E-state index contributed by atoms with van der Waals surface area (Å²) < 4.78 is 7.12. The molecular formula is C20H25N3O3S2. The van der Waals surface area contributed by atoms with Gasteiger partial charge in [0.1, 0.15) is 5.76 Å². The molecule has 1 aliphatic heterocycles. The van der Waals surface area contributed by atoms with Crippen LogP contribution in [-0.2, 0) is 17.8 Å². The molecule has 1 N–H and O–H groups in total. The van der Waals surface area contributed by atoms with E-state index in [-0.39, 0.29) is 23.3 Å². The van der Waals surface area contributed by atoms with Crippen molar-refractivity contribution < 1.29 is 9.21 Å². The minimum Gasteiger partial charge on any atom is -0.467 e. The summed E-state index contributed by atoms with van der Waals surface area (Å²) in [4.78, 5) is 31.1. The highest BCUT2D eigenvalue weighted by Crippen LogP contribution is 2.36. The SMILES string of the molecule is CC1Cc2nc(SCC(=O)NCc3ccco3)n(C3CCCCC3)c(=O)c2S1. The molecule has 2 aliphatic rings. The molecule has 1 unspecified atom stereocenters. The first-order valence-electron chi connectivity index (χ1n) is 9.85. The van der Waals surface area contributed by atoms with Gasteiger partial charge in [0.15, 0.2) is 5.16 Å². The average molecular weight is 420 g/mol. The van der Waals surface area contributed by atoms with Crippen molar-refractivity contribution in [3.05, 3.63) is 40.2 Å². The standard InChI is InChI=1S/C20H25N3O3S2/c1-13-10-16-18(28-13)19(25)23(14-6-3-2-4-7-14)20(22-16)27-12-17(24)21-11-15-8-5-9-26-15/h5,8-9,13-14H,2-4,6-7,10-12H2,1H3,(H,21,24). The van der Waals surface area contributed by atoms with Crippen molar-refractivity contribution >= 4 is 29.4 Å². The van der Waals surface area contributed by atoms with Crippen molar-refractivity contribution in [1.29, 1.82) is 0 Å². The van der Waals surface area contributed by atoms with Crippen molar-refractivity contribution in [2.24, 2.45) is 0 Å². The molecule has 8 heteroatoms. The predicted molar refractivity (Wildman–Crippen MR) is 111 cm³/mol. The summed E-state index contributed by atoms with van der Waals surface area (Å²) in [7, 11) is 0. The third-order valence-corrected chi connectivity index (χ3v) is 7.39. The maximum atomic E-state index is 13.2. The zero-order chi connectivity index (χ0) is 19.5. The second kappa shape index (κ2) is 8.78. The van der Waals surface area contributed by atoms with E-state index in [2.05, 4.69) is 12.2 Å². The molecule has 1 fully saturated rings. The fourth-order valence-corrected chi connectivity index (χ4v) is 5.87. The molecule has 150 valence electrons. The topological polar surface area (TPSA) is 77.1 Å². The Hall–Kier alpha value is -1.67. The molecule has 1 aliphatic carbocycles. The number of rotatable bonds is 6. The van der Waals surface area contributed by atoms with Gasteiger partial charge in [0, 0.05) is 17.7 Å². The molecule has 1 atom stereocenters. The number of nitrogens with zero attached hydrogens (tertiary/aromatic N) is 2. The number of aromatic nitrogens is 2. The molecule has 1 saturated carbocycles. The average Bonchev–Trinajstić information content (AvgIpc) is 3.34. The number of thioether (sulfide) groups is 2. The largest absolute Gasteiger partial charge is 0.467 e. The van der Waals surface area contributed by atoms with Crippen molar-refractivity contribution in [1.82, 2.24) is 14.9 Å². The van der Waals surface area contributed by atoms with E-state index in [1.807, 2.05) is 10.6 Å². The third kappa shape index (κ3) is 4.33. The second-order valence-corrected chi connectivity index (χ2v) is 9.81. The van der Waals surface area contributed by atoms with Crippen LogP contribution in [0.15, 0.2) is 37.7 Å². The van der Waals surface area contributed by atoms with Gasteiger partial charge in [0.05, 0.1) is 29.2 Å². The molecule has 3 heterocycles. The zero-order valence-corrected chi connectivity index (χ0v) is 17.6. The van der Waals surface area contributed by atoms with Crippen molar-refractivity contribution in [3.63, 3.8) is 0 Å². The molecule has 0 spiro atoms. The lowest BCUT2D eigenvalue weighted by molar-refractivity contribution is -0.118. The van der Waals surface area contributed by atoms with E-state index in [0.717, 1.165) is 48.5 Å². The van der Waals surface area contributed by atoms with E-state index >= 15 is 0 Å². The second-order valence-electron chi connectivity index (χ2n) is 7.41. The van der Waals surface area contributed by atoms with Gasteiger partial charge in [-0.15, -0.1) is 11.8 Å². The van der Waals surface area contributed by atoms with Crippen LogP contribution >= 0.6 is 23.5 Å². The number of hydrogen-bond donors (Lipinski definition) is 1. The number of nitrogens with one attached hydrogen (secondary N) is 1. The number of fused-ring (bicyclic) bond motifs is 1. The van der Waals surface area contributed by atoms with E-state index < -0.39 is 0 Å². The molecule has 4 rings (SSSR count). The highest BCUT2D eigenvalue weighted by Gasteiger charge is 2.29. The lowest BCUT2D eigenvalue weighted by atomic mass is 9.95. The first-order valence-corrected chi connectivity index (χ1v) is 11.7. The molecular weight excluding hydrogens is 394 g/mol. The molecule has 6 nitrogen and oxygen atoms in total. The van der Waals surface area contributed by atoms with Crippen LogP contribution in [0.3, 0.4) is 0 Å². The van der Waals surface area contributed by atoms with Gasteiger partial charge in [0.25, 0.3) is 5.56 Å². The van der Waals surface area contributed by atoms with Crippen LogP contribution in [0.5, 0.6) is 0 Å². The van der Waals surface area contributed by atoms with Gasteiger partial charge >= 0.3 is 0 Å². The molecule has 1 amide bonds. The number of amides is 1. The van der Waals surface area contributed by atoms with Gasteiger partial charge in [-0.3, -0.25) is 14.2 Å². The molecule has 0 bridgehead atoms. The monoisotopic (exact) mass is 419 g/mol. The Morgan fingerprint density at radius 1 is 1.39 bits per heavy atom. The first-order chi connectivity index (χ1) is 13.6. The van der Waals surface area contributed by atoms with Gasteiger partial charge < -0.3 is 9.73 Å². The number of furan rings is 1. The lowest BCUT2D eigenvalue weighted by Crippen LogP contribution is -2.31. The Bertz CT molecular complexity index is 889. The molecule has 28 heavy (non-hydrogen) atoms. The maximum absolute atomic E-state index is 13.2. The maximum Gasteiger partial charge on any atom is 0.268 e. The summed E-state index contributed by atoms with van der Waals surface area (Å²) in [5, 5.41) is 3.93. The number of carbonyl (C=O) groups excluding carboxylic acids is 1. The van der Waals surface area contributed by atoms with Gasteiger partial charge in [-0.2, -0.15) is 0 Å². The van der Waals surface area contributed by atoms with Gasteiger partial charge in [0.2, 0.25) is 5.91 Å². The Kier molecular flexibility index (Phi) is 6.16. The first kappa shape index (κ1) is 19.6. The normalized spacial score (nSPS) is 19.5. The molecule has 0 aromatic carbocycles. The highest BCUT2D eigenvalue weighted by molar-refractivity contribution is 8.00. The van der Waals surface area contributed by atoms with Crippen LogP contribution in [0.2, 0.25) is 0 Å². The summed E-state index contributed by atoms with van der Waals surface area (Å²) in [5.74, 6) is 0.870.